The molecular formula is C19H19N7. The molecule has 0 bridgehead atoms. The summed E-state index contributed by atoms with van der Waals surface area (Å²) >= 11 is 0. The van der Waals surface area contributed by atoms with E-state index < -0.39 is 0 Å². The normalized spacial score (nSPS) is 15.1. The van der Waals surface area contributed by atoms with Gasteiger partial charge >= 0.3 is 0 Å². The number of hydrogen-bond donors (Lipinski definition) is 1. The number of nitrogens with zero attached hydrogens (tertiary/aromatic N) is 6. The van der Waals surface area contributed by atoms with E-state index in [0.29, 0.717) is 18.1 Å². The molecular weight excluding hydrogens is 326 g/mol. The first-order valence-corrected chi connectivity index (χ1v) is 8.57. The molecule has 4 rings (SSSR count). The highest BCUT2D eigenvalue weighted by molar-refractivity contribution is 5.87. The second kappa shape index (κ2) is 6.94. The average Bonchev–Trinajstić information content (AvgIpc) is 2.69. The number of nitriles is 1. The molecule has 1 aromatic carbocycles. The second-order valence-corrected chi connectivity index (χ2v) is 6.32. The van der Waals surface area contributed by atoms with Gasteiger partial charge in [-0.1, -0.05) is 12.1 Å². The summed E-state index contributed by atoms with van der Waals surface area (Å²) < 4.78 is 0. The van der Waals surface area contributed by atoms with Crippen LogP contribution in [-0.2, 0) is 6.54 Å². The van der Waals surface area contributed by atoms with E-state index in [-0.39, 0.29) is 0 Å². The predicted molar refractivity (Wildman–Crippen MR) is 100 cm³/mol. The van der Waals surface area contributed by atoms with Crippen molar-refractivity contribution in [3.8, 4) is 6.07 Å². The van der Waals surface area contributed by atoms with Crippen LogP contribution in [0, 0.1) is 11.3 Å². The number of aromatic nitrogens is 3. The lowest BCUT2D eigenvalue weighted by Crippen LogP contribution is -2.46. The highest BCUT2D eigenvalue weighted by Crippen LogP contribution is 2.19. The Balaban J connectivity index is 1.41. The van der Waals surface area contributed by atoms with Crippen molar-refractivity contribution in [3.05, 3.63) is 54.1 Å². The van der Waals surface area contributed by atoms with E-state index in [4.69, 9.17) is 11.0 Å². The van der Waals surface area contributed by atoms with Crippen molar-refractivity contribution in [2.45, 2.75) is 6.54 Å². The van der Waals surface area contributed by atoms with E-state index in [0.717, 1.165) is 48.6 Å². The quantitative estimate of drug-likeness (QED) is 0.773. The lowest BCUT2D eigenvalue weighted by atomic mass is 10.2. The van der Waals surface area contributed by atoms with Crippen molar-refractivity contribution in [1.82, 2.24) is 19.9 Å². The van der Waals surface area contributed by atoms with E-state index in [2.05, 4.69) is 24.8 Å². The third kappa shape index (κ3) is 3.27. The van der Waals surface area contributed by atoms with Gasteiger partial charge in [0.1, 0.15) is 23.4 Å². The van der Waals surface area contributed by atoms with Crippen molar-refractivity contribution in [2.24, 2.45) is 0 Å². The monoisotopic (exact) mass is 345 g/mol. The van der Waals surface area contributed by atoms with Crippen LogP contribution in [0.4, 0.5) is 11.5 Å². The molecule has 0 radical (unpaired) electrons. The van der Waals surface area contributed by atoms with Gasteiger partial charge < -0.3 is 10.6 Å². The Labute approximate surface area is 151 Å². The highest BCUT2D eigenvalue weighted by Gasteiger charge is 2.19. The van der Waals surface area contributed by atoms with Crippen molar-refractivity contribution < 1.29 is 0 Å². The Morgan fingerprint density at radius 3 is 2.58 bits per heavy atom. The first kappa shape index (κ1) is 16.2. The Morgan fingerprint density at radius 1 is 1.04 bits per heavy atom. The third-order valence-electron chi connectivity index (χ3n) is 4.64. The summed E-state index contributed by atoms with van der Waals surface area (Å²) in [7, 11) is 0. The molecule has 1 saturated heterocycles. The summed E-state index contributed by atoms with van der Waals surface area (Å²) in [4.78, 5) is 17.9. The van der Waals surface area contributed by atoms with Crippen LogP contribution in [0.3, 0.4) is 0 Å². The number of nitrogens with two attached hydrogens (primary N) is 1. The molecule has 0 amide bonds. The van der Waals surface area contributed by atoms with Gasteiger partial charge in [0.2, 0.25) is 0 Å². The van der Waals surface area contributed by atoms with Crippen LogP contribution < -0.4 is 10.6 Å². The second-order valence-electron chi connectivity index (χ2n) is 6.32. The molecule has 1 aliphatic rings. The minimum Gasteiger partial charge on any atom is -0.383 e. The zero-order chi connectivity index (χ0) is 17.9. The van der Waals surface area contributed by atoms with E-state index in [9.17, 15) is 0 Å². The smallest absolute Gasteiger partial charge is 0.145 e. The topological polar surface area (TPSA) is 95.0 Å². The Kier molecular flexibility index (Phi) is 4.33. The lowest BCUT2D eigenvalue weighted by molar-refractivity contribution is 0.244. The molecule has 3 heterocycles. The Morgan fingerprint density at radius 2 is 1.85 bits per heavy atom. The van der Waals surface area contributed by atoms with Crippen LogP contribution in [0.1, 0.15) is 11.5 Å². The zero-order valence-corrected chi connectivity index (χ0v) is 14.3. The van der Waals surface area contributed by atoms with Gasteiger partial charge in [-0.25, -0.2) is 15.0 Å². The molecule has 7 heteroatoms. The molecule has 1 aliphatic heterocycles. The SMILES string of the molecule is N#Cc1ccc(N2CCN(Cc3nc(N)c4ccccc4n3)CC2)cn1. The van der Waals surface area contributed by atoms with E-state index in [1.165, 1.54) is 0 Å². The summed E-state index contributed by atoms with van der Waals surface area (Å²) in [6.45, 7) is 4.31. The van der Waals surface area contributed by atoms with Gasteiger partial charge in [-0.05, 0) is 24.3 Å². The maximum atomic E-state index is 8.85. The van der Waals surface area contributed by atoms with Crippen molar-refractivity contribution in [3.63, 3.8) is 0 Å². The van der Waals surface area contributed by atoms with Crippen LogP contribution in [0.25, 0.3) is 10.9 Å². The van der Waals surface area contributed by atoms with E-state index in [1.54, 1.807) is 12.3 Å². The van der Waals surface area contributed by atoms with Gasteiger partial charge in [0, 0.05) is 31.6 Å². The summed E-state index contributed by atoms with van der Waals surface area (Å²) in [5.41, 5.74) is 8.46. The van der Waals surface area contributed by atoms with Crippen molar-refractivity contribution in [2.75, 3.05) is 36.8 Å². The van der Waals surface area contributed by atoms with E-state index in [1.807, 2.05) is 36.4 Å². The summed E-state index contributed by atoms with van der Waals surface area (Å²) in [5.74, 6) is 1.29. The van der Waals surface area contributed by atoms with Gasteiger partial charge in [-0.2, -0.15) is 5.26 Å². The van der Waals surface area contributed by atoms with Gasteiger partial charge in [0.05, 0.1) is 23.9 Å². The molecule has 7 nitrogen and oxygen atoms in total. The van der Waals surface area contributed by atoms with Crippen molar-refractivity contribution >= 4 is 22.4 Å². The fraction of sp³-hybridized carbons (Fsp3) is 0.263. The van der Waals surface area contributed by atoms with Gasteiger partial charge in [0.15, 0.2) is 0 Å². The van der Waals surface area contributed by atoms with Crippen molar-refractivity contribution in [1.29, 1.82) is 5.26 Å². The van der Waals surface area contributed by atoms with Gasteiger partial charge in [0.25, 0.3) is 0 Å². The summed E-state index contributed by atoms with van der Waals surface area (Å²) in [5, 5.41) is 9.74. The number of piperazine rings is 1. The number of rotatable bonds is 3. The molecule has 3 aromatic rings. The number of hydrogen-bond acceptors (Lipinski definition) is 7. The maximum Gasteiger partial charge on any atom is 0.145 e. The average molecular weight is 345 g/mol. The molecule has 2 N–H and O–H groups in total. The zero-order valence-electron chi connectivity index (χ0n) is 14.3. The molecule has 0 atom stereocenters. The van der Waals surface area contributed by atoms with Crippen LogP contribution in [0.15, 0.2) is 42.6 Å². The maximum absolute atomic E-state index is 8.85. The number of fused-ring (bicyclic) bond motifs is 1. The largest absolute Gasteiger partial charge is 0.383 e. The van der Waals surface area contributed by atoms with Crippen LogP contribution in [-0.4, -0.2) is 46.0 Å². The first-order chi connectivity index (χ1) is 12.7. The van der Waals surface area contributed by atoms with Crippen LogP contribution in [0.5, 0.6) is 0 Å². The summed E-state index contributed by atoms with van der Waals surface area (Å²) in [6.07, 6.45) is 1.77. The van der Waals surface area contributed by atoms with Gasteiger partial charge in [-0.3, -0.25) is 4.90 Å². The molecule has 130 valence electrons. The number of nitrogen functional groups attached to an aromatic ring is 1. The van der Waals surface area contributed by atoms with Crippen LogP contribution >= 0.6 is 0 Å². The Hall–Kier alpha value is -3.24. The molecule has 0 saturated carbocycles. The van der Waals surface area contributed by atoms with E-state index >= 15 is 0 Å². The minimum absolute atomic E-state index is 0.443. The first-order valence-electron chi connectivity index (χ1n) is 8.57. The molecule has 0 unspecified atom stereocenters. The molecule has 0 aliphatic carbocycles. The standard InChI is InChI=1S/C19H19N7/c20-11-14-5-6-15(12-22-14)26-9-7-25(8-10-26)13-18-23-17-4-2-1-3-16(17)19(21)24-18/h1-6,12H,7-10,13H2,(H2,21,23,24). The molecule has 1 fully saturated rings. The highest BCUT2D eigenvalue weighted by atomic mass is 15.3. The lowest BCUT2D eigenvalue weighted by Gasteiger charge is -2.35. The molecule has 26 heavy (non-hydrogen) atoms. The predicted octanol–water partition coefficient (Wildman–Crippen LogP) is 1.80. The molecule has 2 aromatic heterocycles. The Bertz CT molecular complexity index is 954. The number of benzene rings is 1. The number of pyridine rings is 1. The number of para-hydroxylation sites is 1. The summed E-state index contributed by atoms with van der Waals surface area (Å²) in [6, 6.07) is 13.6. The van der Waals surface area contributed by atoms with Gasteiger partial charge in [-0.15, -0.1) is 0 Å². The fourth-order valence-corrected chi connectivity index (χ4v) is 3.23. The van der Waals surface area contributed by atoms with Crippen LogP contribution in [0.2, 0.25) is 0 Å². The third-order valence-corrected chi connectivity index (χ3v) is 4.64. The number of anilines is 2. The molecule has 0 spiro atoms. The minimum atomic E-state index is 0.443. The fourth-order valence-electron chi connectivity index (χ4n) is 3.23.